The number of hydrogen-bond donors (Lipinski definition) is 2. The average Bonchev–Trinajstić information content (AvgIpc) is 2.26. The van der Waals surface area contributed by atoms with Crippen LogP contribution in [-0.2, 0) is 4.65 Å². The Balaban J connectivity index is 0.00000400. The first-order chi connectivity index (χ1) is 8.97. The Kier molecular flexibility index (Phi) is 6.76. The van der Waals surface area contributed by atoms with Crippen molar-refractivity contribution in [1.29, 1.82) is 0 Å². The van der Waals surface area contributed by atoms with Crippen LogP contribution in [0.5, 0.6) is 0 Å². The summed E-state index contributed by atoms with van der Waals surface area (Å²) >= 11 is 0. The summed E-state index contributed by atoms with van der Waals surface area (Å²) in [5.41, 5.74) is 0.796. The summed E-state index contributed by atoms with van der Waals surface area (Å²) in [7, 11) is 2.84. The van der Waals surface area contributed by atoms with Gasteiger partial charge in [-0.3, -0.25) is 0 Å². The third kappa shape index (κ3) is 4.61. The van der Waals surface area contributed by atoms with E-state index in [1.807, 2.05) is 44.1 Å². The molecule has 21 heavy (non-hydrogen) atoms. The lowest BCUT2D eigenvalue weighted by atomic mass is 9.74. The quantitative estimate of drug-likeness (QED) is 0.813. The van der Waals surface area contributed by atoms with Crippen LogP contribution < -0.4 is 10.4 Å². The Morgan fingerprint density at radius 3 is 2.10 bits per heavy atom. The van der Waals surface area contributed by atoms with Crippen LogP contribution in [0.15, 0.2) is 18.2 Å². The van der Waals surface area contributed by atoms with Crippen molar-refractivity contribution in [2.75, 3.05) is 19.0 Å². The summed E-state index contributed by atoms with van der Waals surface area (Å²) in [6.45, 7) is 8.82. The smallest absolute Gasteiger partial charge is 0.423 e. The van der Waals surface area contributed by atoms with Crippen LogP contribution in [0.3, 0.4) is 0 Å². The van der Waals surface area contributed by atoms with E-state index in [9.17, 15) is 10.1 Å². The molecule has 2 N–H and O–H groups in total. The molecule has 0 heterocycles. The number of nitrogens with zero attached hydrogens (tertiary/aromatic N) is 1. The van der Waals surface area contributed by atoms with Gasteiger partial charge in [0.1, 0.15) is 0 Å². The van der Waals surface area contributed by atoms with Gasteiger partial charge in [0.25, 0.3) is 0 Å². The summed E-state index contributed by atoms with van der Waals surface area (Å²) in [5.74, 6) is 0. The first-order valence-corrected chi connectivity index (χ1v) is 6.82. The third-order valence-electron chi connectivity index (χ3n) is 3.97. The van der Waals surface area contributed by atoms with Crippen LogP contribution in [0.25, 0.3) is 0 Å². The fraction of sp³-hybridized carbons (Fsp3) is 0.600. The molecule has 0 amide bonds. The minimum absolute atomic E-state index is 0. The Labute approximate surface area is 134 Å². The molecular weight excluding hydrogens is 288 g/mol. The molecule has 1 aromatic carbocycles. The molecule has 0 spiro atoms. The molecule has 0 aromatic heterocycles. The minimum Gasteiger partial charge on any atom is -0.423 e. The summed E-state index contributed by atoms with van der Waals surface area (Å²) in [4.78, 5) is 1.99. The van der Waals surface area contributed by atoms with Crippen molar-refractivity contribution in [3.8, 4) is 0 Å². The second-order valence-electron chi connectivity index (χ2n) is 6.43. The van der Waals surface area contributed by atoms with Gasteiger partial charge >= 0.3 is 7.12 Å². The highest BCUT2D eigenvalue weighted by Crippen LogP contribution is 2.26. The summed E-state index contributed by atoms with van der Waals surface area (Å²) in [6.07, 6.45) is 0. The molecule has 120 valence electrons. The molecule has 0 aliphatic carbocycles. The van der Waals surface area contributed by atoms with Crippen LogP contribution in [0.4, 0.5) is 5.69 Å². The maximum Gasteiger partial charge on any atom is 0.491 e. The van der Waals surface area contributed by atoms with E-state index in [1.54, 1.807) is 27.7 Å². The molecule has 0 unspecified atom stereocenters. The van der Waals surface area contributed by atoms with Crippen molar-refractivity contribution in [3.63, 3.8) is 0 Å². The summed E-state index contributed by atoms with van der Waals surface area (Å²) in [5, 5.41) is 20.5. The summed E-state index contributed by atoms with van der Waals surface area (Å²) < 4.78 is 5.69. The van der Waals surface area contributed by atoms with Gasteiger partial charge in [-0.05, 0) is 51.7 Å². The van der Waals surface area contributed by atoms with E-state index in [2.05, 4.69) is 0 Å². The second kappa shape index (κ2) is 7.01. The normalized spacial score (nSPS) is 11.9. The van der Waals surface area contributed by atoms with Crippen molar-refractivity contribution in [3.05, 3.63) is 23.8 Å². The fourth-order valence-corrected chi connectivity index (χ4v) is 1.88. The zero-order valence-corrected chi connectivity index (χ0v) is 14.8. The van der Waals surface area contributed by atoms with Gasteiger partial charge in [-0.1, -0.05) is 12.1 Å². The largest absolute Gasteiger partial charge is 0.491 e. The molecule has 0 fully saturated rings. The third-order valence-corrected chi connectivity index (χ3v) is 3.97. The molecule has 4 nitrogen and oxygen atoms in total. The number of rotatable bonds is 5. The maximum atomic E-state index is 10.4. The predicted molar refractivity (Wildman–Crippen MR) is 91.8 cm³/mol. The van der Waals surface area contributed by atoms with Crippen molar-refractivity contribution in [1.82, 2.24) is 0 Å². The average molecular weight is 316 g/mol. The Morgan fingerprint density at radius 1 is 1.14 bits per heavy atom. The highest BCUT2D eigenvalue weighted by atomic mass is 35.5. The lowest BCUT2D eigenvalue weighted by Crippen LogP contribution is -2.53. The van der Waals surface area contributed by atoms with Gasteiger partial charge in [-0.25, -0.2) is 0 Å². The van der Waals surface area contributed by atoms with Crippen molar-refractivity contribution in [2.45, 2.75) is 45.8 Å². The van der Waals surface area contributed by atoms with Gasteiger partial charge in [0, 0.05) is 19.8 Å². The lowest BCUT2D eigenvalue weighted by Gasteiger charge is -2.38. The van der Waals surface area contributed by atoms with E-state index in [1.165, 1.54) is 0 Å². The van der Waals surface area contributed by atoms with E-state index in [0.29, 0.717) is 5.46 Å². The zero-order chi connectivity index (χ0) is 15.7. The minimum atomic E-state index is -1.07. The van der Waals surface area contributed by atoms with Crippen molar-refractivity contribution < 1.29 is 14.8 Å². The van der Waals surface area contributed by atoms with Crippen LogP contribution in [-0.4, -0.2) is 42.5 Å². The lowest BCUT2D eigenvalue weighted by molar-refractivity contribution is -0.0982. The van der Waals surface area contributed by atoms with Gasteiger partial charge in [0.15, 0.2) is 0 Å². The maximum absolute atomic E-state index is 10.4. The van der Waals surface area contributed by atoms with Crippen molar-refractivity contribution in [2.24, 2.45) is 0 Å². The predicted octanol–water partition coefficient (Wildman–Crippen LogP) is 1.74. The highest BCUT2D eigenvalue weighted by molar-refractivity contribution is 6.60. The second-order valence-corrected chi connectivity index (χ2v) is 6.43. The molecular formula is C15H27BClNO3. The van der Waals surface area contributed by atoms with Crippen LogP contribution in [0, 0.1) is 6.92 Å². The number of aliphatic hydroxyl groups is 1. The standard InChI is InChI=1S/C15H26BNO3.ClH/c1-11-12(9-8-10-13(11)17(6)7)16(19)20-15(4,5)14(2,3)18;/h8-10,18-19H,1-7H3;1H. The van der Waals surface area contributed by atoms with Gasteiger partial charge in [-0.15, -0.1) is 12.4 Å². The monoisotopic (exact) mass is 315 g/mol. The fourth-order valence-electron chi connectivity index (χ4n) is 1.88. The first kappa shape index (κ1) is 20.3. The number of hydrogen-bond acceptors (Lipinski definition) is 4. The van der Waals surface area contributed by atoms with Gasteiger partial charge in [0.2, 0.25) is 0 Å². The molecule has 0 saturated heterocycles. The Morgan fingerprint density at radius 2 is 1.67 bits per heavy atom. The van der Waals surface area contributed by atoms with E-state index in [4.69, 9.17) is 4.65 Å². The summed E-state index contributed by atoms with van der Waals surface area (Å²) in [6, 6.07) is 5.72. The molecule has 0 saturated carbocycles. The van der Waals surface area contributed by atoms with E-state index >= 15 is 0 Å². The molecule has 0 bridgehead atoms. The molecule has 1 rings (SSSR count). The first-order valence-electron chi connectivity index (χ1n) is 6.82. The molecule has 0 aliphatic rings. The Bertz CT molecular complexity index is 472. The zero-order valence-electron chi connectivity index (χ0n) is 14.0. The molecule has 0 aliphatic heterocycles. The van der Waals surface area contributed by atoms with Crippen LogP contribution in [0.2, 0.25) is 0 Å². The van der Waals surface area contributed by atoms with E-state index in [-0.39, 0.29) is 12.4 Å². The molecule has 0 radical (unpaired) electrons. The van der Waals surface area contributed by atoms with Crippen molar-refractivity contribution >= 4 is 30.7 Å². The molecule has 1 aromatic rings. The van der Waals surface area contributed by atoms with Gasteiger partial charge in [-0.2, -0.15) is 0 Å². The van der Waals surface area contributed by atoms with Gasteiger partial charge < -0.3 is 19.7 Å². The number of halogens is 1. The topological polar surface area (TPSA) is 52.9 Å². The molecule has 0 atom stereocenters. The SMILES string of the molecule is Cc1c(B(O)OC(C)(C)C(C)(C)O)cccc1N(C)C.Cl. The van der Waals surface area contributed by atoms with E-state index < -0.39 is 18.3 Å². The van der Waals surface area contributed by atoms with Crippen LogP contribution >= 0.6 is 12.4 Å². The highest BCUT2D eigenvalue weighted by Gasteiger charge is 2.39. The van der Waals surface area contributed by atoms with Crippen LogP contribution in [0.1, 0.15) is 33.3 Å². The van der Waals surface area contributed by atoms with Gasteiger partial charge in [0.05, 0.1) is 11.2 Å². The number of anilines is 1. The Hall–Kier alpha value is -0.745. The van der Waals surface area contributed by atoms with E-state index in [0.717, 1.165) is 11.3 Å². The molecule has 6 heteroatoms. The number of benzene rings is 1.